The third-order valence-electron chi connectivity index (χ3n) is 5.62. The Labute approximate surface area is 368 Å². The van der Waals surface area contributed by atoms with Crippen LogP contribution in [0.3, 0.4) is 0 Å². The zero-order valence-corrected chi connectivity index (χ0v) is 41.9. The summed E-state index contributed by atoms with van der Waals surface area (Å²) in [4.78, 5) is 93.9. The van der Waals surface area contributed by atoms with Crippen LogP contribution in [-0.4, -0.2) is 161 Å². The molecule has 0 saturated carbocycles. The quantitative estimate of drug-likeness (QED) is 0.0308. The van der Waals surface area contributed by atoms with Crippen molar-refractivity contribution in [2.45, 2.75) is 20.0 Å². The average Bonchev–Trinajstić information content (AvgIpc) is 3.16. The summed E-state index contributed by atoms with van der Waals surface area (Å²) in [5.41, 5.74) is 0. The smallest absolute Gasteiger partial charge is 0.303 e. The van der Waals surface area contributed by atoms with Crippen molar-refractivity contribution >= 4 is 70.4 Å². The van der Waals surface area contributed by atoms with Crippen LogP contribution in [0.15, 0.2) is 0 Å². The van der Waals surface area contributed by atoms with Crippen molar-refractivity contribution in [3.8, 4) is 0 Å². The zero-order chi connectivity index (χ0) is 50.3. The highest BCUT2D eigenvalue weighted by atomic mass is 31.2. The van der Waals surface area contributed by atoms with E-state index in [-0.39, 0.29) is 0 Å². The predicted molar refractivity (Wildman–Crippen MR) is 207 cm³/mol. The summed E-state index contributed by atoms with van der Waals surface area (Å²) in [5, 5.41) is 0. The third-order valence-corrected chi connectivity index (χ3v) is 14.2. The van der Waals surface area contributed by atoms with Crippen molar-refractivity contribution in [3.63, 3.8) is 0 Å². The van der Waals surface area contributed by atoms with Crippen LogP contribution in [0.25, 0.3) is 0 Å². The summed E-state index contributed by atoms with van der Waals surface area (Å²) in [6.45, 7) is -9.36. The Morgan fingerprint density at radius 2 is 0.523 bits per heavy atom. The van der Waals surface area contributed by atoms with E-state index in [0.717, 1.165) is 14.0 Å². The molecule has 36 nitrogen and oxygen atoms in total. The van der Waals surface area contributed by atoms with Gasteiger partial charge in [0.1, 0.15) is 0 Å². The molecular formula is C20H51O36P9. The molecule has 0 radical (unpaired) electrons. The number of phosphoric ester groups is 9. The first-order valence-electron chi connectivity index (χ1n) is 17.1. The largest absolute Gasteiger partial charge is 0.472 e. The van der Waals surface area contributed by atoms with Crippen molar-refractivity contribution in [1.29, 1.82) is 0 Å². The van der Waals surface area contributed by atoms with Gasteiger partial charge in [-0.05, 0) is 6.92 Å². The first-order valence-corrected chi connectivity index (χ1v) is 30.6. The van der Waals surface area contributed by atoms with Crippen LogP contribution in [0.2, 0.25) is 0 Å². The Kier molecular flexibility index (Phi) is 31.2. The number of rotatable bonds is 42. The number of hydrogen-bond acceptors (Lipinski definition) is 26. The van der Waals surface area contributed by atoms with Gasteiger partial charge in [-0.1, -0.05) is 6.92 Å². The second-order valence-corrected chi connectivity index (χ2v) is 24.3. The molecule has 0 aliphatic carbocycles. The van der Waals surface area contributed by atoms with E-state index in [0.29, 0.717) is 0 Å². The van der Waals surface area contributed by atoms with Gasteiger partial charge in [0, 0.05) is 13.0 Å². The highest BCUT2D eigenvalue weighted by molar-refractivity contribution is 7.49. The summed E-state index contributed by atoms with van der Waals surface area (Å²) in [5.74, 6) is -0.761. The molecule has 392 valence electrons. The molecule has 0 aromatic heterocycles. The first-order chi connectivity index (χ1) is 29.5. The number of phosphoric acid groups is 9. The molecule has 10 N–H and O–H groups in total. The van der Waals surface area contributed by atoms with E-state index in [2.05, 4.69) is 76.9 Å². The molecule has 45 heteroatoms. The lowest BCUT2D eigenvalue weighted by atomic mass is 10.2. The molecule has 0 rings (SSSR count). The fourth-order valence-electron chi connectivity index (χ4n) is 3.09. The summed E-state index contributed by atoms with van der Waals surface area (Å²) in [6, 6.07) is 0. The monoisotopic (exact) mass is 1150 g/mol. The van der Waals surface area contributed by atoms with Gasteiger partial charge in [0.2, 0.25) is 0 Å². The Morgan fingerprint density at radius 1 is 0.308 bits per heavy atom. The van der Waals surface area contributed by atoms with Gasteiger partial charge in [0.05, 0.1) is 105 Å². The van der Waals surface area contributed by atoms with Crippen LogP contribution in [0.1, 0.15) is 13.8 Å². The maximum absolute atomic E-state index is 12.1. The van der Waals surface area contributed by atoms with Gasteiger partial charge in [-0.25, -0.2) is 41.1 Å². The zero-order valence-electron chi connectivity index (χ0n) is 33.9. The van der Waals surface area contributed by atoms with Crippen molar-refractivity contribution < 1.29 is 167 Å². The first kappa shape index (κ1) is 66.0. The molecule has 10 unspecified atom stereocenters. The molecule has 0 aromatic rings. The third kappa shape index (κ3) is 39.3. The highest BCUT2D eigenvalue weighted by Crippen LogP contribution is 2.50. The molecule has 0 fully saturated rings. The highest BCUT2D eigenvalue weighted by Gasteiger charge is 2.31. The second kappa shape index (κ2) is 30.8. The molecular weight excluding hydrogens is 1090 g/mol. The van der Waals surface area contributed by atoms with Crippen molar-refractivity contribution in [2.75, 3.05) is 106 Å². The second-order valence-electron chi connectivity index (χ2n) is 11.3. The van der Waals surface area contributed by atoms with E-state index in [1.54, 1.807) is 0 Å². The van der Waals surface area contributed by atoms with Gasteiger partial charge in [0.15, 0.2) is 0 Å². The molecule has 0 saturated heterocycles. The summed E-state index contributed by atoms with van der Waals surface area (Å²) in [6.07, 6.45) is -1.46. The molecule has 0 amide bonds. The Morgan fingerprint density at radius 3 is 0.785 bits per heavy atom. The fourth-order valence-corrected chi connectivity index (χ4v) is 9.17. The lowest BCUT2D eigenvalue weighted by Crippen LogP contribution is -2.16. The van der Waals surface area contributed by atoms with Gasteiger partial charge < -0.3 is 48.9 Å². The molecule has 10 atom stereocenters. The lowest BCUT2D eigenvalue weighted by Gasteiger charge is -2.19. The standard InChI is InChI=1S/C20H51O36P9/c1-19(16-53-57(21,22)23)17-54-63(34,35)50-12-10-47-60(28,29)44-7-8-45-61(30,31)48-11-13-51-64(36,37)55-18-20(2)56-65(38,39)52-15-14-49-62(32,33)46-9-6-43-59(26,27)42-5-4-41-58(24,25)40-3/h19-20H,4-18H2,1-3H3,(H,24,25)(H,26,27)(H,28,29)(H,30,31)(H,32,33)(H,34,35)(H,36,37)(H,38,39)(H2,21,22,23). The van der Waals surface area contributed by atoms with Crippen LogP contribution in [0, 0.1) is 5.92 Å². The van der Waals surface area contributed by atoms with E-state index in [1.165, 1.54) is 6.92 Å². The SMILES string of the molecule is COP(=O)(O)OCCOP(=O)(O)OCCOP(=O)(O)OCCOP(=O)(O)OC(C)COP(=O)(O)OCCOP(=O)(O)OCCOP(=O)(O)OCCOP(=O)(O)OCC(C)COP(=O)(O)O. The van der Waals surface area contributed by atoms with E-state index in [4.69, 9.17) is 14.7 Å². The molecule has 0 aliphatic heterocycles. The van der Waals surface area contributed by atoms with Gasteiger partial charge >= 0.3 is 70.4 Å². The van der Waals surface area contributed by atoms with E-state index < -0.39 is 182 Å². The Hall–Kier alpha value is 0.990. The summed E-state index contributed by atoms with van der Waals surface area (Å²) < 4.78 is 181. The normalized spacial score (nSPS) is 21.0. The lowest BCUT2D eigenvalue weighted by molar-refractivity contribution is 0.0501. The van der Waals surface area contributed by atoms with Crippen LogP contribution in [-0.2, 0) is 118 Å². The van der Waals surface area contributed by atoms with Crippen molar-refractivity contribution in [2.24, 2.45) is 5.92 Å². The van der Waals surface area contributed by atoms with E-state index in [1.807, 2.05) is 0 Å². The van der Waals surface area contributed by atoms with Crippen molar-refractivity contribution in [1.82, 2.24) is 0 Å². The molecule has 0 bridgehead atoms. The maximum atomic E-state index is 12.1. The fraction of sp³-hybridized carbons (Fsp3) is 1.00. The molecule has 0 aromatic carbocycles. The minimum absolute atomic E-state index is 0.529. The number of hydrogen-bond donors (Lipinski definition) is 10. The van der Waals surface area contributed by atoms with E-state index >= 15 is 0 Å². The van der Waals surface area contributed by atoms with Crippen LogP contribution < -0.4 is 0 Å². The molecule has 0 aliphatic rings. The van der Waals surface area contributed by atoms with Crippen LogP contribution >= 0.6 is 70.4 Å². The van der Waals surface area contributed by atoms with Gasteiger partial charge in [-0.2, -0.15) is 0 Å². The van der Waals surface area contributed by atoms with Gasteiger partial charge in [-0.15, -0.1) is 0 Å². The minimum Gasteiger partial charge on any atom is -0.303 e. The molecule has 0 spiro atoms. The Balaban J connectivity index is 4.31. The summed E-state index contributed by atoms with van der Waals surface area (Å²) >= 11 is 0. The predicted octanol–water partition coefficient (Wildman–Crippen LogP) is 1.82. The van der Waals surface area contributed by atoms with Crippen LogP contribution in [0.5, 0.6) is 0 Å². The van der Waals surface area contributed by atoms with Gasteiger partial charge in [-0.3, -0.25) is 76.9 Å². The average molecular weight is 1150 g/mol. The van der Waals surface area contributed by atoms with Crippen molar-refractivity contribution in [3.05, 3.63) is 0 Å². The maximum Gasteiger partial charge on any atom is 0.472 e. The molecule has 65 heavy (non-hydrogen) atoms. The topological polar surface area (TPSA) is 513 Å². The van der Waals surface area contributed by atoms with E-state index in [9.17, 15) is 75.3 Å². The molecule has 0 heterocycles. The van der Waals surface area contributed by atoms with Gasteiger partial charge in [0.25, 0.3) is 0 Å². The summed E-state index contributed by atoms with van der Waals surface area (Å²) in [7, 11) is -42.4. The minimum atomic E-state index is -4.98. The van der Waals surface area contributed by atoms with Crippen LogP contribution in [0.4, 0.5) is 0 Å². The Bertz CT molecular complexity index is 1820.